The zero-order valence-electron chi connectivity index (χ0n) is 18.9. The molecule has 33 heavy (non-hydrogen) atoms. The minimum absolute atomic E-state index is 0.216. The Bertz CT molecular complexity index is 1440. The number of allylic oxidation sites excluding steroid dienone is 7. The number of halogens is 1. The van der Waals surface area contributed by atoms with Crippen LogP contribution in [0.25, 0.3) is 33.6 Å². The third-order valence-corrected chi connectivity index (χ3v) is 6.36. The molecule has 0 saturated heterocycles. The number of nitrogens with zero attached hydrogens (tertiary/aromatic N) is 2. The molecule has 0 aliphatic heterocycles. The highest BCUT2D eigenvalue weighted by atomic mass is 32.1. The number of hydrogen-bond acceptors (Lipinski definition) is 3. The van der Waals surface area contributed by atoms with Crippen LogP contribution in [0.4, 0.5) is 4.39 Å². The first-order chi connectivity index (χ1) is 15.9. The number of nitrogens with one attached hydrogen (secondary N) is 2. The molecule has 0 aliphatic rings. The van der Waals surface area contributed by atoms with Crippen molar-refractivity contribution in [3.05, 3.63) is 106 Å². The second kappa shape index (κ2) is 9.38. The van der Waals surface area contributed by atoms with Crippen LogP contribution in [-0.2, 0) is 0 Å². The lowest BCUT2D eigenvalue weighted by Crippen LogP contribution is -1.86. The van der Waals surface area contributed by atoms with Crippen LogP contribution in [0.1, 0.15) is 35.5 Å². The predicted octanol–water partition coefficient (Wildman–Crippen LogP) is 7.62. The molecule has 4 aromatic heterocycles. The van der Waals surface area contributed by atoms with E-state index in [1.165, 1.54) is 6.07 Å². The molecule has 0 saturated carbocycles. The number of hydrogen-bond donors (Lipinski definition) is 2. The number of H-pyrrole nitrogens is 2. The van der Waals surface area contributed by atoms with Crippen LogP contribution in [0.3, 0.4) is 0 Å². The Kier molecular flexibility index (Phi) is 6.38. The molecule has 6 heteroatoms. The summed E-state index contributed by atoms with van der Waals surface area (Å²) in [6.07, 6.45) is 11.4. The molecule has 0 spiro atoms. The Morgan fingerprint density at radius 1 is 1.21 bits per heavy atom. The summed E-state index contributed by atoms with van der Waals surface area (Å²) in [7, 11) is 0. The molecule has 0 amide bonds. The number of fused-ring (bicyclic) bond motifs is 1. The van der Waals surface area contributed by atoms with E-state index in [4.69, 9.17) is 0 Å². The van der Waals surface area contributed by atoms with E-state index in [2.05, 4.69) is 57.6 Å². The minimum atomic E-state index is -0.216. The van der Waals surface area contributed by atoms with Gasteiger partial charge in [-0.3, -0.25) is 5.10 Å². The lowest BCUT2D eigenvalue weighted by molar-refractivity contribution is 0.657. The summed E-state index contributed by atoms with van der Waals surface area (Å²) >= 11 is 1.12. The second-order valence-electron chi connectivity index (χ2n) is 7.67. The van der Waals surface area contributed by atoms with Crippen molar-refractivity contribution in [1.29, 1.82) is 0 Å². The summed E-state index contributed by atoms with van der Waals surface area (Å²) in [4.78, 5) is 8.86. The van der Waals surface area contributed by atoms with Gasteiger partial charge in [-0.2, -0.15) is 9.49 Å². The third kappa shape index (κ3) is 4.43. The van der Waals surface area contributed by atoms with Crippen molar-refractivity contribution in [1.82, 2.24) is 20.2 Å². The zero-order chi connectivity index (χ0) is 23.5. The van der Waals surface area contributed by atoms with Gasteiger partial charge < -0.3 is 4.98 Å². The Hall–Kier alpha value is -3.77. The van der Waals surface area contributed by atoms with Gasteiger partial charge in [-0.05, 0) is 50.6 Å². The molecule has 4 rings (SSSR count). The predicted molar refractivity (Wildman–Crippen MR) is 138 cm³/mol. The zero-order valence-corrected chi connectivity index (χ0v) is 19.7. The maximum absolute atomic E-state index is 13.7. The molecule has 4 nitrogen and oxygen atoms in total. The molecule has 0 bridgehead atoms. The van der Waals surface area contributed by atoms with Crippen LogP contribution in [-0.4, -0.2) is 20.2 Å². The van der Waals surface area contributed by atoms with Gasteiger partial charge >= 0.3 is 0 Å². The first-order valence-electron chi connectivity index (χ1n) is 10.6. The number of aryl methyl sites for hydroxylation is 1. The highest BCUT2D eigenvalue weighted by Gasteiger charge is 2.17. The van der Waals surface area contributed by atoms with Gasteiger partial charge in [0.25, 0.3) is 0 Å². The first kappa shape index (κ1) is 22.4. The van der Waals surface area contributed by atoms with Gasteiger partial charge in [0.2, 0.25) is 0 Å². The normalized spacial score (nSPS) is 13.0. The smallest absolute Gasteiger partial charge is 0.181 e. The van der Waals surface area contributed by atoms with Gasteiger partial charge in [0, 0.05) is 38.9 Å². The number of pyridine rings is 1. The van der Waals surface area contributed by atoms with E-state index in [0.717, 1.165) is 66.5 Å². The van der Waals surface area contributed by atoms with Crippen LogP contribution in [0.15, 0.2) is 79.6 Å². The number of aromatic nitrogens is 4. The van der Waals surface area contributed by atoms with E-state index in [0.29, 0.717) is 5.65 Å². The number of rotatable bonds is 7. The summed E-state index contributed by atoms with van der Waals surface area (Å²) in [6, 6.07) is 7.42. The standard InChI is InChI=1S/C27H25FN4S/c1-6-9-20(24-10-11-25(28)33-24)21-14-23(30-17(21)5)26-22-13-19(15-29-27(22)32-31-26)18(8-3)12-16(4)7-2/h6-15,30H,1-2H2,3-5H3,(H,29,31,32)/b16-12-,18-8+,20-9+. The fraction of sp³-hybridized carbons (Fsp3) is 0.111. The van der Waals surface area contributed by atoms with Crippen molar-refractivity contribution in [3.8, 4) is 11.4 Å². The molecule has 0 aliphatic carbocycles. The van der Waals surface area contributed by atoms with Crippen molar-refractivity contribution in [3.63, 3.8) is 0 Å². The average molecular weight is 457 g/mol. The van der Waals surface area contributed by atoms with Gasteiger partial charge in [0.1, 0.15) is 0 Å². The van der Waals surface area contributed by atoms with Crippen molar-refractivity contribution >= 4 is 33.5 Å². The highest BCUT2D eigenvalue weighted by molar-refractivity contribution is 7.11. The van der Waals surface area contributed by atoms with Crippen LogP contribution < -0.4 is 0 Å². The quantitative estimate of drug-likeness (QED) is 0.281. The molecule has 4 aromatic rings. The molecule has 4 heterocycles. The summed E-state index contributed by atoms with van der Waals surface area (Å²) in [5, 5.41) is 8.23. The van der Waals surface area contributed by atoms with E-state index < -0.39 is 0 Å². The van der Waals surface area contributed by atoms with E-state index in [1.807, 2.05) is 39.1 Å². The molecule has 0 atom stereocenters. The number of thiophene rings is 1. The van der Waals surface area contributed by atoms with Gasteiger partial charge in [0.05, 0.1) is 11.4 Å². The maximum Gasteiger partial charge on any atom is 0.181 e. The van der Waals surface area contributed by atoms with Crippen LogP contribution in [0.2, 0.25) is 0 Å². The maximum atomic E-state index is 13.7. The Morgan fingerprint density at radius 3 is 2.70 bits per heavy atom. The van der Waals surface area contributed by atoms with Crippen molar-refractivity contribution in [2.75, 3.05) is 0 Å². The van der Waals surface area contributed by atoms with Crippen LogP contribution in [0, 0.1) is 12.1 Å². The summed E-state index contributed by atoms with van der Waals surface area (Å²) in [5.74, 6) is 0. The minimum Gasteiger partial charge on any atom is -0.357 e. The SMILES string of the molecule is C=C/C=C(/c1ccc(F)s1)c1cc(-c2[nH]nc3ncc(C(/C=C(/C)C=C)=C/C)cc23)[nH]c1C. The lowest BCUT2D eigenvalue weighted by Gasteiger charge is -2.04. The van der Waals surface area contributed by atoms with E-state index >= 15 is 0 Å². The van der Waals surface area contributed by atoms with E-state index in [9.17, 15) is 4.39 Å². The van der Waals surface area contributed by atoms with Crippen molar-refractivity contribution < 1.29 is 4.39 Å². The number of aromatic amines is 2. The Balaban J connectivity index is 1.81. The molecule has 0 radical (unpaired) electrons. The Morgan fingerprint density at radius 2 is 2.03 bits per heavy atom. The molecular formula is C27H25FN4S. The molecule has 0 fully saturated rings. The van der Waals surface area contributed by atoms with Crippen LogP contribution >= 0.6 is 11.3 Å². The lowest BCUT2D eigenvalue weighted by atomic mass is 10.0. The summed E-state index contributed by atoms with van der Waals surface area (Å²) < 4.78 is 13.7. The summed E-state index contributed by atoms with van der Waals surface area (Å²) in [6.45, 7) is 13.7. The Labute approximate surface area is 196 Å². The van der Waals surface area contributed by atoms with Crippen molar-refractivity contribution in [2.45, 2.75) is 20.8 Å². The molecule has 166 valence electrons. The molecule has 2 N–H and O–H groups in total. The van der Waals surface area contributed by atoms with E-state index in [1.54, 1.807) is 12.1 Å². The molecule has 0 aromatic carbocycles. The van der Waals surface area contributed by atoms with Gasteiger partial charge in [-0.15, -0.1) is 11.3 Å². The second-order valence-corrected chi connectivity index (χ2v) is 8.71. The first-order valence-corrected chi connectivity index (χ1v) is 11.4. The highest BCUT2D eigenvalue weighted by Crippen LogP contribution is 2.35. The van der Waals surface area contributed by atoms with Crippen molar-refractivity contribution in [2.24, 2.45) is 0 Å². The van der Waals surface area contributed by atoms with E-state index in [-0.39, 0.29) is 5.13 Å². The molecular weight excluding hydrogens is 431 g/mol. The van der Waals surface area contributed by atoms with Crippen LogP contribution in [0.5, 0.6) is 0 Å². The summed E-state index contributed by atoms with van der Waals surface area (Å²) in [5.41, 5.74) is 8.39. The largest absolute Gasteiger partial charge is 0.357 e. The van der Waals surface area contributed by atoms with Gasteiger partial charge in [0.15, 0.2) is 10.8 Å². The van der Waals surface area contributed by atoms with Gasteiger partial charge in [-0.1, -0.05) is 49.1 Å². The topological polar surface area (TPSA) is 57.4 Å². The third-order valence-electron chi connectivity index (χ3n) is 5.46. The van der Waals surface area contributed by atoms with Gasteiger partial charge in [-0.25, -0.2) is 4.98 Å². The molecule has 0 unspecified atom stereocenters. The fourth-order valence-electron chi connectivity index (χ4n) is 3.75. The monoisotopic (exact) mass is 456 g/mol. The average Bonchev–Trinajstić information content (AvgIpc) is 3.53. The fourth-order valence-corrected chi connectivity index (χ4v) is 4.52.